The topological polar surface area (TPSA) is 78.9 Å². The Morgan fingerprint density at radius 3 is 2.93 bits per heavy atom. The molecule has 0 N–H and O–H groups in total. The van der Waals surface area contributed by atoms with Gasteiger partial charge >= 0.3 is 0 Å². The number of hydrogen-bond donors (Lipinski definition) is 0. The highest BCUT2D eigenvalue weighted by Crippen LogP contribution is 2.32. The number of ether oxygens (including phenoxy) is 1. The van der Waals surface area contributed by atoms with Crippen LogP contribution in [0.2, 0.25) is 0 Å². The fraction of sp³-hybridized carbons (Fsp3) is 0.158. The van der Waals surface area contributed by atoms with Gasteiger partial charge < -0.3 is 13.8 Å². The van der Waals surface area contributed by atoms with Gasteiger partial charge in [0.05, 0.1) is 25.2 Å². The molecule has 0 bridgehead atoms. The number of aromatic nitrogens is 5. The van der Waals surface area contributed by atoms with Crippen molar-refractivity contribution in [3.8, 4) is 23.0 Å². The van der Waals surface area contributed by atoms with Gasteiger partial charge in [-0.2, -0.15) is 4.98 Å². The van der Waals surface area contributed by atoms with E-state index in [1.165, 1.54) is 6.07 Å². The second-order valence-corrected chi connectivity index (χ2v) is 6.18. The van der Waals surface area contributed by atoms with Crippen LogP contribution in [0.3, 0.4) is 0 Å². The van der Waals surface area contributed by atoms with E-state index >= 15 is 0 Å². The van der Waals surface area contributed by atoms with Crippen molar-refractivity contribution in [3.63, 3.8) is 0 Å². The van der Waals surface area contributed by atoms with E-state index in [0.717, 1.165) is 11.3 Å². The Labute approximate surface area is 153 Å². The third-order valence-corrected chi connectivity index (χ3v) is 4.53. The highest BCUT2D eigenvalue weighted by molar-refractivity contribution is 5.58. The Morgan fingerprint density at radius 1 is 1.15 bits per heavy atom. The average molecular weight is 363 g/mol. The quantitative estimate of drug-likeness (QED) is 0.555. The van der Waals surface area contributed by atoms with Crippen LogP contribution in [0.15, 0.2) is 59.6 Å². The largest absolute Gasteiger partial charge is 0.365 e. The van der Waals surface area contributed by atoms with Crippen LogP contribution in [0.4, 0.5) is 4.39 Å². The summed E-state index contributed by atoms with van der Waals surface area (Å²) in [6.07, 6.45) is 4.67. The van der Waals surface area contributed by atoms with Gasteiger partial charge in [-0.25, -0.2) is 9.37 Å². The molecule has 4 heterocycles. The van der Waals surface area contributed by atoms with Crippen molar-refractivity contribution >= 4 is 0 Å². The second kappa shape index (κ2) is 6.40. The molecule has 1 aromatic carbocycles. The highest BCUT2D eigenvalue weighted by Gasteiger charge is 2.27. The fourth-order valence-corrected chi connectivity index (χ4v) is 3.16. The average Bonchev–Trinajstić information content (AvgIpc) is 3.35. The van der Waals surface area contributed by atoms with Crippen molar-refractivity contribution in [3.05, 3.63) is 72.2 Å². The molecule has 0 spiro atoms. The molecule has 0 saturated heterocycles. The van der Waals surface area contributed by atoms with Gasteiger partial charge in [-0.1, -0.05) is 23.4 Å². The van der Waals surface area contributed by atoms with Crippen molar-refractivity contribution in [1.82, 2.24) is 24.7 Å². The van der Waals surface area contributed by atoms with Gasteiger partial charge in [0.15, 0.2) is 5.69 Å². The van der Waals surface area contributed by atoms with Crippen LogP contribution in [0.5, 0.6) is 0 Å². The maximum Gasteiger partial charge on any atom is 0.278 e. The Kier molecular flexibility index (Phi) is 3.75. The maximum absolute atomic E-state index is 14.0. The second-order valence-electron chi connectivity index (χ2n) is 6.18. The van der Waals surface area contributed by atoms with Crippen molar-refractivity contribution in [2.45, 2.75) is 19.3 Å². The number of nitrogens with zero attached hydrogens (tertiary/aromatic N) is 5. The first kappa shape index (κ1) is 15.8. The summed E-state index contributed by atoms with van der Waals surface area (Å²) in [7, 11) is 0. The molecule has 1 aliphatic rings. The zero-order valence-electron chi connectivity index (χ0n) is 14.1. The fourth-order valence-electron chi connectivity index (χ4n) is 3.16. The molecular formula is C19H14FN5O2. The Balaban J connectivity index is 1.44. The Bertz CT molecular complexity index is 1090. The van der Waals surface area contributed by atoms with Crippen molar-refractivity contribution < 1.29 is 13.7 Å². The van der Waals surface area contributed by atoms with E-state index in [1.54, 1.807) is 43.0 Å². The SMILES string of the molecule is Fc1ccccc1[C@H]1Cn2cnc(-c3nc(-c4cccnc4)no3)c2CO1. The van der Waals surface area contributed by atoms with Crippen LogP contribution >= 0.6 is 0 Å². The van der Waals surface area contributed by atoms with Crippen LogP contribution < -0.4 is 0 Å². The molecule has 5 rings (SSSR count). The van der Waals surface area contributed by atoms with E-state index in [9.17, 15) is 4.39 Å². The number of rotatable bonds is 3. The number of halogens is 1. The van der Waals surface area contributed by atoms with Gasteiger partial charge in [-0.15, -0.1) is 0 Å². The molecule has 7 nitrogen and oxygen atoms in total. The van der Waals surface area contributed by atoms with E-state index < -0.39 is 0 Å². The summed E-state index contributed by atoms with van der Waals surface area (Å²) in [5, 5.41) is 4.00. The third-order valence-electron chi connectivity index (χ3n) is 4.53. The molecule has 1 atom stereocenters. The van der Waals surface area contributed by atoms with E-state index in [0.29, 0.717) is 29.5 Å². The van der Waals surface area contributed by atoms with Gasteiger partial charge in [-0.05, 0) is 18.2 Å². The number of fused-ring (bicyclic) bond motifs is 1. The first-order valence-electron chi connectivity index (χ1n) is 8.44. The summed E-state index contributed by atoms with van der Waals surface area (Å²) in [6.45, 7) is 0.742. The van der Waals surface area contributed by atoms with Gasteiger partial charge in [0.1, 0.15) is 11.9 Å². The number of hydrogen-bond acceptors (Lipinski definition) is 6. The zero-order valence-corrected chi connectivity index (χ0v) is 14.1. The van der Waals surface area contributed by atoms with Crippen molar-refractivity contribution in [2.24, 2.45) is 0 Å². The molecule has 1 aliphatic heterocycles. The van der Waals surface area contributed by atoms with Crippen LogP contribution in [0.1, 0.15) is 17.4 Å². The van der Waals surface area contributed by atoms with Gasteiger partial charge in [-0.3, -0.25) is 4.98 Å². The zero-order chi connectivity index (χ0) is 18.2. The first-order chi connectivity index (χ1) is 13.3. The molecule has 0 fully saturated rings. The Morgan fingerprint density at radius 2 is 2.07 bits per heavy atom. The third kappa shape index (κ3) is 2.80. The van der Waals surface area contributed by atoms with E-state index in [2.05, 4.69) is 20.1 Å². The minimum Gasteiger partial charge on any atom is -0.365 e. The normalized spacial score (nSPS) is 16.3. The standard InChI is InChI=1S/C19H14FN5O2/c20-14-6-2-1-5-13(14)16-9-25-11-22-17(15(25)10-26-16)19-23-18(24-27-19)12-4-3-7-21-8-12/h1-8,11,16H,9-10H2/t16-/m1/s1. The summed E-state index contributed by atoms with van der Waals surface area (Å²) >= 11 is 0. The number of benzene rings is 1. The minimum absolute atomic E-state index is 0.274. The smallest absolute Gasteiger partial charge is 0.278 e. The molecule has 3 aromatic heterocycles. The summed E-state index contributed by atoms with van der Waals surface area (Å²) < 4.78 is 27.2. The molecule has 0 saturated carbocycles. The lowest BCUT2D eigenvalue weighted by molar-refractivity contribution is 0.00126. The monoisotopic (exact) mass is 363 g/mol. The van der Waals surface area contributed by atoms with Gasteiger partial charge in [0, 0.05) is 23.5 Å². The minimum atomic E-state index is -0.366. The van der Waals surface area contributed by atoms with Crippen LogP contribution in [0, 0.1) is 5.82 Å². The van der Waals surface area contributed by atoms with E-state index in [1.807, 2.05) is 10.6 Å². The molecule has 0 unspecified atom stereocenters. The molecule has 134 valence electrons. The summed E-state index contributed by atoms with van der Waals surface area (Å²) in [4.78, 5) is 12.9. The number of imidazole rings is 1. The first-order valence-corrected chi connectivity index (χ1v) is 8.44. The van der Waals surface area contributed by atoms with E-state index in [4.69, 9.17) is 9.26 Å². The maximum atomic E-state index is 14.0. The molecule has 8 heteroatoms. The highest BCUT2D eigenvalue weighted by atomic mass is 19.1. The van der Waals surface area contributed by atoms with E-state index in [-0.39, 0.29) is 18.5 Å². The lowest BCUT2D eigenvalue weighted by Crippen LogP contribution is -2.21. The molecular weight excluding hydrogens is 349 g/mol. The molecule has 0 aliphatic carbocycles. The summed E-state index contributed by atoms with van der Waals surface area (Å²) in [6, 6.07) is 10.3. The molecule has 0 amide bonds. The number of pyridine rings is 1. The van der Waals surface area contributed by atoms with Crippen LogP contribution in [-0.4, -0.2) is 24.7 Å². The Hall–Kier alpha value is -3.39. The molecule has 4 aromatic rings. The lowest BCUT2D eigenvalue weighted by Gasteiger charge is -2.25. The predicted molar refractivity (Wildman–Crippen MR) is 92.7 cm³/mol. The van der Waals surface area contributed by atoms with Crippen LogP contribution in [-0.2, 0) is 17.9 Å². The van der Waals surface area contributed by atoms with Crippen LogP contribution in [0.25, 0.3) is 23.0 Å². The van der Waals surface area contributed by atoms with Gasteiger partial charge in [0.25, 0.3) is 5.89 Å². The molecule has 0 radical (unpaired) electrons. The van der Waals surface area contributed by atoms with Gasteiger partial charge in [0.2, 0.25) is 5.82 Å². The predicted octanol–water partition coefficient (Wildman–Crippen LogP) is 3.41. The summed E-state index contributed by atoms with van der Waals surface area (Å²) in [5.74, 6) is 0.487. The van der Waals surface area contributed by atoms with Crippen molar-refractivity contribution in [2.75, 3.05) is 0 Å². The summed E-state index contributed by atoms with van der Waals surface area (Å²) in [5.41, 5.74) is 2.69. The lowest BCUT2D eigenvalue weighted by atomic mass is 10.1. The molecule has 27 heavy (non-hydrogen) atoms. The van der Waals surface area contributed by atoms with Crippen molar-refractivity contribution in [1.29, 1.82) is 0 Å².